The van der Waals surface area contributed by atoms with E-state index < -0.39 is 10.0 Å². The van der Waals surface area contributed by atoms with Crippen molar-refractivity contribution in [2.75, 3.05) is 24.5 Å². The second kappa shape index (κ2) is 16.6. The molecule has 0 radical (unpaired) electrons. The third-order valence-corrected chi connectivity index (χ3v) is 12.2. The SMILES string of the molecule is CCC(C=O)C(/C=c1/ccc2c(c1)Oc1cc(N(CC)Cc3ccccc3)ccc1C=2c1ccccc1S(=O)(=O)N(CC)CC)Cc1ccccc1. The van der Waals surface area contributed by atoms with Gasteiger partial charge in [0.05, 0.1) is 4.90 Å². The average Bonchev–Trinajstić information content (AvgIpc) is 3.17. The van der Waals surface area contributed by atoms with Crippen molar-refractivity contribution in [1.29, 1.82) is 0 Å². The summed E-state index contributed by atoms with van der Waals surface area (Å²) in [7, 11) is -3.79. The van der Waals surface area contributed by atoms with Crippen LogP contribution in [-0.4, -0.2) is 38.6 Å². The lowest BCUT2D eigenvalue weighted by Crippen LogP contribution is -2.31. The molecular formula is C45H48N2O4S. The van der Waals surface area contributed by atoms with Crippen LogP contribution in [-0.2, 0) is 27.8 Å². The van der Waals surface area contributed by atoms with E-state index in [1.807, 2.05) is 62.4 Å². The number of sulfonamides is 1. The molecule has 2 atom stereocenters. The summed E-state index contributed by atoms with van der Waals surface area (Å²) in [5, 5.41) is 1.76. The van der Waals surface area contributed by atoms with Crippen molar-refractivity contribution in [3.63, 3.8) is 0 Å². The first-order valence-electron chi connectivity index (χ1n) is 18.4. The summed E-state index contributed by atoms with van der Waals surface area (Å²) in [5.74, 6) is 1.17. The van der Waals surface area contributed by atoms with Crippen LogP contribution in [0.5, 0.6) is 11.5 Å². The summed E-state index contributed by atoms with van der Waals surface area (Å²) >= 11 is 0. The fourth-order valence-corrected chi connectivity index (χ4v) is 8.90. The molecule has 1 heterocycles. The predicted molar refractivity (Wildman–Crippen MR) is 211 cm³/mol. The molecular weight excluding hydrogens is 665 g/mol. The third-order valence-electron chi connectivity index (χ3n) is 10.1. The Bertz CT molecular complexity index is 2230. The van der Waals surface area contributed by atoms with Crippen LogP contribution in [0.15, 0.2) is 126 Å². The van der Waals surface area contributed by atoms with E-state index in [2.05, 4.69) is 85.5 Å². The van der Waals surface area contributed by atoms with Crippen molar-refractivity contribution in [1.82, 2.24) is 4.31 Å². The lowest BCUT2D eigenvalue weighted by molar-refractivity contribution is -0.112. The van der Waals surface area contributed by atoms with E-state index in [9.17, 15) is 13.2 Å². The predicted octanol–water partition coefficient (Wildman–Crippen LogP) is 7.96. The van der Waals surface area contributed by atoms with E-state index in [1.165, 1.54) is 15.4 Å². The van der Waals surface area contributed by atoms with Crippen LogP contribution < -0.4 is 20.1 Å². The molecule has 0 fully saturated rings. The largest absolute Gasteiger partial charge is 0.456 e. The maximum atomic E-state index is 14.1. The molecule has 52 heavy (non-hydrogen) atoms. The van der Waals surface area contributed by atoms with Gasteiger partial charge in [0.15, 0.2) is 0 Å². The van der Waals surface area contributed by atoms with Gasteiger partial charge in [-0.05, 0) is 72.4 Å². The van der Waals surface area contributed by atoms with Gasteiger partial charge in [-0.1, -0.05) is 112 Å². The van der Waals surface area contributed by atoms with E-state index in [0.29, 0.717) is 30.2 Å². The molecule has 0 aromatic heterocycles. The Kier molecular flexibility index (Phi) is 11.7. The van der Waals surface area contributed by atoms with Crippen molar-refractivity contribution in [3.05, 3.63) is 154 Å². The molecule has 0 N–H and O–H groups in total. The van der Waals surface area contributed by atoms with Gasteiger partial charge in [-0.25, -0.2) is 8.42 Å². The van der Waals surface area contributed by atoms with Crippen molar-refractivity contribution in [2.24, 2.45) is 11.8 Å². The van der Waals surface area contributed by atoms with Crippen LogP contribution in [0.3, 0.4) is 0 Å². The Labute approximate surface area is 308 Å². The zero-order valence-electron chi connectivity index (χ0n) is 30.5. The van der Waals surface area contributed by atoms with Crippen molar-refractivity contribution < 1.29 is 17.9 Å². The summed E-state index contributed by atoms with van der Waals surface area (Å²) in [6.45, 7) is 10.2. The Morgan fingerprint density at radius 1 is 0.673 bits per heavy atom. The van der Waals surface area contributed by atoms with Crippen molar-refractivity contribution in [3.8, 4) is 11.5 Å². The molecule has 2 unspecified atom stereocenters. The van der Waals surface area contributed by atoms with Gasteiger partial charge < -0.3 is 14.4 Å². The van der Waals surface area contributed by atoms with Gasteiger partial charge in [0.25, 0.3) is 0 Å². The molecule has 0 spiro atoms. The molecule has 0 aliphatic carbocycles. The highest BCUT2D eigenvalue weighted by Gasteiger charge is 2.29. The smallest absolute Gasteiger partial charge is 0.243 e. The number of carbonyl (C=O) groups is 1. The molecule has 0 saturated carbocycles. The van der Waals surface area contributed by atoms with Gasteiger partial charge in [-0.2, -0.15) is 4.31 Å². The molecule has 5 aromatic carbocycles. The normalized spacial score (nSPS) is 13.9. The van der Waals surface area contributed by atoms with Gasteiger partial charge in [-0.15, -0.1) is 0 Å². The summed E-state index contributed by atoms with van der Waals surface area (Å²) in [6.07, 6.45) is 4.74. The monoisotopic (exact) mass is 712 g/mol. The number of fused-ring (bicyclic) bond motifs is 2. The van der Waals surface area contributed by atoms with Gasteiger partial charge in [-0.3, -0.25) is 0 Å². The number of carbonyl (C=O) groups excluding carboxylic acids is 1. The highest BCUT2D eigenvalue weighted by atomic mass is 32.2. The first-order valence-corrected chi connectivity index (χ1v) is 19.8. The number of aldehydes is 1. The standard InChI is InChI=1S/C45H48N2O4S/c1-5-36(32-48)37(27-33-17-11-9-12-18-33)28-35-23-25-39-42(29-35)51-43-30-38(46(6-2)31-34-19-13-10-14-20-34)24-26-40(43)45(39)41-21-15-16-22-44(41)52(49,50)47(7-3)8-4/h9-26,28-30,32,36-37H,5-8,27,31H2,1-4H3/b35-28-. The summed E-state index contributed by atoms with van der Waals surface area (Å²) in [6, 6.07) is 40.3. The zero-order chi connectivity index (χ0) is 36.7. The quantitative estimate of drug-likeness (QED) is 0.101. The van der Waals surface area contributed by atoms with Crippen LogP contribution in [0.4, 0.5) is 5.69 Å². The summed E-state index contributed by atoms with van der Waals surface area (Å²) in [5.41, 5.74) is 5.68. The number of hydrogen-bond donors (Lipinski definition) is 0. The Hall–Kier alpha value is -4.98. The van der Waals surface area contributed by atoms with Gasteiger partial charge in [0, 0.05) is 65.8 Å². The van der Waals surface area contributed by atoms with Gasteiger partial charge in [0.1, 0.15) is 17.8 Å². The zero-order valence-corrected chi connectivity index (χ0v) is 31.4. The van der Waals surface area contributed by atoms with Crippen LogP contribution in [0, 0.1) is 11.8 Å². The van der Waals surface area contributed by atoms with Crippen LogP contribution in [0.1, 0.15) is 56.4 Å². The van der Waals surface area contributed by atoms with E-state index in [-0.39, 0.29) is 16.7 Å². The maximum absolute atomic E-state index is 14.1. The van der Waals surface area contributed by atoms with E-state index >= 15 is 0 Å². The first-order chi connectivity index (χ1) is 25.3. The molecule has 0 saturated heterocycles. The van der Waals surface area contributed by atoms with Gasteiger partial charge >= 0.3 is 0 Å². The summed E-state index contributed by atoms with van der Waals surface area (Å²) in [4.78, 5) is 14.8. The number of benzene rings is 5. The van der Waals surface area contributed by atoms with Gasteiger partial charge in [0.2, 0.25) is 10.0 Å². The fourth-order valence-electron chi connectivity index (χ4n) is 7.24. The van der Waals surface area contributed by atoms with Crippen molar-refractivity contribution in [2.45, 2.75) is 52.0 Å². The summed E-state index contributed by atoms with van der Waals surface area (Å²) < 4.78 is 36.5. The third kappa shape index (κ3) is 7.76. The number of rotatable bonds is 15. The molecule has 0 bridgehead atoms. The van der Waals surface area contributed by atoms with E-state index in [1.54, 1.807) is 12.1 Å². The minimum atomic E-state index is -3.79. The Morgan fingerprint density at radius 3 is 2.00 bits per heavy atom. The molecule has 6 rings (SSSR count). The minimum Gasteiger partial charge on any atom is -0.456 e. The topological polar surface area (TPSA) is 66.9 Å². The number of ether oxygens (including phenoxy) is 1. The maximum Gasteiger partial charge on any atom is 0.243 e. The molecule has 1 aliphatic rings. The second-order valence-corrected chi connectivity index (χ2v) is 15.1. The highest BCUT2D eigenvalue weighted by Crippen LogP contribution is 2.40. The number of anilines is 1. The Balaban J connectivity index is 1.54. The molecule has 6 nitrogen and oxygen atoms in total. The first kappa shape index (κ1) is 36.8. The van der Waals surface area contributed by atoms with E-state index in [0.717, 1.165) is 59.5 Å². The molecule has 7 heteroatoms. The average molecular weight is 713 g/mol. The second-order valence-electron chi connectivity index (χ2n) is 13.2. The minimum absolute atomic E-state index is 0.00934. The molecule has 0 amide bonds. The Morgan fingerprint density at radius 2 is 1.35 bits per heavy atom. The van der Waals surface area contributed by atoms with Crippen LogP contribution in [0.25, 0.3) is 11.6 Å². The fraction of sp³-hybridized carbons (Fsp3) is 0.267. The molecule has 268 valence electrons. The van der Waals surface area contributed by atoms with Crippen molar-refractivity contribution >= 4 is 33.6 Å². The van der Waals surface area contributed by atoms with Crippen LogP contribution in [0.2, 0.25) is 0 Å². The number of hydrogen-bond acceptors (Lipinski definition) is 5. The van der Waals surface area contributed by atoms with Crippen LogP contribution >= 0.6 is 0 Å². The van der Waals surface area contributed by atoms with E-state index in [4.69, 9.17) is 4.74 Å². The molecule has 1 aliphatic heterocycles. The molecule has 5 aromatic rings. The lowest BCUT2D eigenvalue weighted by Gasteiger charge is -2.28. The number of nitrogens with zero attached hydrogens (tertiary/aromatic N) is 2. The highest BCUT2D eigenvalue weighted by molar-refractivity contribution is 7.89. The lowest BCUT2D eigenvalue weighted by atomic mass is 9.85.